The zero-order valence-corrected chi connectivity index (χ0v) is 20.1. The van der Waals surface area contributed by atoms with Crippen molar-refractivity contribution in [2.24, 2.45) is 0 Å². The molecular formula is C22H27N5O3S2. The zero-order chi connectivity index (χ0) is 23.5. The van der Waals surface area contributed by atoms with E-state index >= 15 is 0 Å². The number of sulfonamides is 1. The molecule has 3 aromatic rings. The molecule has 10 heteroatoms. The summed E-state index contributed by atoms with van der Waals surface area (Å²) in [6.07, 6.45) is 0.226. The molecular weight excluding hydrogens is 446 g/mol. The highest BCUT2D eigenvalue weighted by atomic mass is 32.2. The third kappa shape index (κ3) is 5.32. The molecule has 1 amide bonds. The molecule has 2 N–H and O–H groups in total. The van der Waals surface area contributed by atoms with Crippen LogP contribution in [0.2, 0.25) is 0 Å². The lowest BCUT2D eigenvalue weighted by molar-refractivity contribution is -0.121. The van der Waals surface area contributed by atoms with Gasteiger partial charge in [-0.2, -0.15) is 5.10 Å². The minimum Gasteiger partial charge on any atom is -0.350 e. The number of carbonyl (C=O) groups is 1. The van der Waals surface area contributed by atoms with Crippen molar-refractivity contribution in [3.63, 3.8) is 0 Å². The molecule has 0 saturated carbocycles. The first-order valence-corrected chi connectivity index (χ1v) is 12.0. The summed E-state index contributed by atoms with van der Waals surface area (Å²) in [5, 5.41) is 10.1. The summed E-state index contributed by atoms with van der Waals surface area (Å²) in [4.78, 5) is 12.8. The molecule has 0 fully saturated rings. The van der Waals surface area contributed by atoms with E-state index in [1.165, 1.54) is 18.4 Å². The highest BCUT2D eigenvalue weighted by molar-refractivity contribution is 7.89. The van der Waals surface area contributed by atoms with Gasteiger partial charge in [0, 0.05) is 32.6 Å². The number of hydrogen-bond acceptors (Lipinski definition) is 5. The number of hydrogen-bond donors (Lipinski definition) is 2. The van der Waals surface area contributed by atoms with Gasteiger partial charge < -0.3 is 5.32 Å². The number of nitrogens with zero attached hydrogens (tertiary/aromatic N) is 3. The summed E-state index contributed by atoms with van der Waals surface area (Å²) in [6, 6.07) is 14.2. The summed E-state index contributed by atoms with van der Waals surface area (Å²) in [5.41, 5.74) is 2.86. The first-order chi connectivity index (χ1) is 15.1. The second-order valence-electron chi connectivity index (χ2n) is 7.77. The highest BCUT2D eigenvalue weighted by Gasteiger charge is 2.18. The number of amides is 1. The topological polar surface area (TPSA) is 100 Å². The zero-order valence-electron chi connectivity index (χ0n) is 18.5. The van der Waals surface area contributed by atoms with Crippen LogP contribution in [0, 0.1) is 11.7 Å². The van der Waals surface area contributed by atoms with Gasteiger partial charge >= 0.3 is 0 Å². The van der Waals surface area contributed by atoms with Crippen molar-refractivity contribution in [2.45, 2.75) is 37.8 Å². The molecule has 0 radical (unpaired) electrons. The molecule has 3 rings (SSSR count). The predicted molar refractivity (Wildman–Crippen MR) is 126 cm³/mol. The van der Waals surface area contributed by atoms with Crippen LogP contribution in [0.15, 0.2) is 53.4 Å². The Bertz CT molecular complexity index is 1260. The van der Waals surface area contributed by atoms with E-state index in [4.69, 9.17) is 12.2 Å². The number of nitrogens with one attached hydrogen (secondary N) is 2. The molecule has 170 valence electrons. The number of aryl methyl sites for hydroxylation is 1. The smallest absolute Gasteiger partial charge is 0.242 e. The Kier molecular flexibility index (Phi) is 7.27. The SMILES string of the molecule is Cc1cccc(-c2n[nH]c(=S)n2CCC(=O)NC(C)c2ccc(S(=O)(=O)N(C)C)cc2)c1. The van der Waals surface area contributed by atoms with Gasteiger partial charge in [0.25, 0.3) is 0 Å². The maximum Gasteiger partial charge on any atom is 0.242 e. The molecule has 1 heterocycles. The molecule has 0 spiro atoms. The maximum absolute atomic E-state index is 12.6. The van der Waals surface area contributed by atoms with E-state index in [1.807, 2.05) is 42.7 Å². The molecule has 0 saturated heterocycles. The summed E-state index contributed by atoms with van der Waals surface area (Å²) in [5.74, 6) is 0.554. The molecule has 1 unspecified atom stereocenters. The predicted octanol–water partition coefficient (Wildman–Crippen LogP) is 3.43. The van der Waals surface area contributed by atoms with Gasteiger partial charge in [-0.3, -0.25) is 14.5 Å². The first kappa shape index (κ1) is 23.8. The average Bonchev–Trinajstić information content (AvgIpc) is 3.12. The molecule has 1 aromatic heterocycles. The van der Waals surface area contributed by atoms with Crippen molar-refractivity contribution in [3.05, 3.63) is 64.4 Å². The fourth-order valence-electron chi connectivity index (χ4n) is 3.28. The second kappa shape index (κ2) is 9.76. The van der Waals surface area contributed by atoms with E-state index in [9.17, 15) is 13.2 Å². The van der Waals surface area contributed by atoms with Crippen LogP contribution in [-0.4, -0.2) is 47.5 Å². The van der Waals surface area contributed by atoms with Crippen LogP contribution in [0.3, 0.4) is 0 Å². The molecule has 8 nitrogen and oxygen atoms in total. The van der Waals surface area contributed by atoms with Gasteiger partial charge in [0.2, 0.25) is 15.9 Å². The van der Waals surface area contributed by atoms with Crippen molar-refractivity contribution >= 4 is 28.1 Å². The largest absolute Gasteiger partial charge is 0.350 e. The van der Waals surface area contributed by atoms with Crippen LogP contribution in [0.25, 0.3) is 11.4 Å². The first-order valence-electron chi connectivity index (χ1n) is 10.1. The third-order valence-electron chi connectivity index (χ3n) is 5.13. The van der Waals surface area contributed by atoms with Gasteiger partial charge in [0.1, 0.15) is 0 Å². The maximum atomic E-state index is 12.6. The quantitative estimate of drug-likeness (QED) is 0.488. The number of aromatic amines is 1. The molecule has 32 heavy (non-hydrogen) atoms. The molecule has 0 aliphatic carbocycles. The Morgan fingerprint density at radius 1 is 1.22 bits per heavy atom. The van der Waals surface area contributed by atoms with Crippen LogP contribution in [0.1, 0.15) is 30.5 Å². The van der Waals surface area contributed by atoms with E-state index in [0.29, 0.717) is 17.1 Å². The van der Waals surface area contributed by atoms with Gasteiger partial charge in [-0.15, -0.1) is 0 Å². The molecule has 2 aromatic carbocycles. The van der Waals surface area contributed by atoms with E-state index < -0.39 is 10.0 Å². The number of rotatable bonds is 8. The summed E-state index contributed by atoms with van der Waals surface area (Å²) in [7, 11) is -0.508. The van der Waals surface area contributed by atoms with Crippen molar-refractivity contribution in [2.75, 3.05) is 14.1 Å². The standard InChI is InChI=1S/C22H27N5O3S2/c1-15-6-5-7-18(14-15)21-24-25-22(31)27(21)13-12-20(28)23-16(2)17-8-10-19(11-9-17)32(29,30)26(3)4/h5-11,14,16H,12-13H2,1-4H3,(H,23,28)(H,25,31). The fourth-order valence-corrected chi connectivity index (χ4v) is 4.40. The minimum absolute atomic E-state index is 0.138. The summed E-state index contributed by atoms with van der Waals surface area (Å²) < 4.78 is 27.8. The third-order valence-corrected chi connectivity index (χ3v) is 7.27. The van der Waals surface area contributed by atoms with Crippen LogP contribution >= 0.6 is 12.2 Å². The Morgan fingerprint density at radius 3 is 2.53 bits per heavy atom. The van der Waals surface area contributed by atoms with E-state index in [-0.39, 0.29) is 23.3 Å². The van der Waals surface area contributed by atoms with Crippen molar-refractivity contribution in [3.8, 4) is 11.4 Å². The number of benzene rings is 2. The Morgan fingerprint density at radius 2 is 1.91 bits per heavy atom. The van der Waals surface area contributed by atoms with Gasteiger partial charge in [-0.25, -0.2) is 12.7 Å². The lowest BCUT2D eigenvalue weighted by atomic mass is 10.1. The molecule has 0 aliphatic rings. The van der Waals surface area contributed by atoms with Gasteiger partial charge in [0.15, 0.2) is 10.6 Å². The van der Waals surface area contributed by atoms with Gasteiger partial charge in [0.05, 0.1) is 10.9 Å². The Hall–Kier alpha value is -2.82. The lowest BCUT2D eigenvalue weighted by Gasteiger charge is -2.16. The highest BCUT2D eigenvalue weighted by Crippen LogP contribution is 2.20. The summed E-state index contributed by atoms with van der Waals surface area (Å²) in [6.45, 7) is 4.25. The summed E-state index contributed by atoms with van der Waals surface area (Å²) >= 11 is 5.34. The Labute approximate surface area is 193 Å². The molecule has 0 aliphatic heterocycles. The number of carbonyl (C=O) groups excluding carboxylic acids is 1. The van der Waals surface area contributed by atoms with Crippen molar-refractivity contribution in [1.29, 1.82) is 0 Å². The molecule has 0 bridgehead atoms. The Balaban J connectivity index is 1.65. The number of H-pyrrole nitrogens is 1. The lowest BCUT2D eigenvalue weighted by Crippen LogP contribution is -2.27. The van der Waals surface area contributed by atoms with Crippen molar-refractivity contribution in [1.82, 2.24) is 24.4 Å². The van der Waals surface area contributed by atoms with Crippen molar-refractivity contribution < 1.29 is 13.2 Å². The average molecular weight is 474 g/mol. The monoisotopic (exact) mass is 473 g/mol. The fraction of sp³-hybridized carbons (Fsp3) is 0.318. The van der Waals surface area contributed by atoms with Crippen LogP contribution in [0.4, 0.5) is 0 Å². The van der Waals surface area contributed by atoms with Crippen LogP contribution in [0.5, 0.6) is 0 Å². The minimum atomic E-state index is -3.49. The second-order valence-corrected chi connectivity index (χ2v) is 10.3. The number of aromatic nitrogens is 3. The van der Waals surface area contributed by atoms with Gasteiger partial charge in [-0.1, -0.05) is 35.9 Å². The van der Waals surface area contributed by atoms with Crippen LogP contribution in [-0.2, 0) is 21.4 Å². The van der Waals surface area contributed by atoms with E-state index in [0.717, 1.165) is 16.7 Å². The van der Waals surface area contributed by atoms with E-state index in [1.54, 1.807) is 24.3 Å². The van der Waals surface area contributed by atoms with E-state index in [2.05, 4.69) is 15.5 Å². The normalized spacial score (nSPS) is 12.7. The van der Waals surface area contributed by atoms with Crippen LogP contribution < -0.4 is 5.32 Å². The van der Waals surface area contributed by atoms with Gasteiger partial charge in [-0.05, 0) is 49.8 Å². The molecule has 1 atom stereocenters.